The first-order valence-corrected chi connectivity index (χ1v) is 6.96. The molecule has 2 nitrogen and oxygen atoms in total. The summed E-state index contributed by atoms with van der Waals surface area (Å²) in [4.78, 5) is 12.0. The Bertz CT molecular complexity index is 230. The highest BCUT2D eigenvalue weighted by atomic mass is 35.5. The normalized spacial score (nSPS) is 27.8. The molecular weight excluding hydrogens is 222 g/mol. The summed E-state index contributed by atoms with van der Waals surface area (Å²) >= 11 is 5.95. The molecule has 1 amide bonds. The summed E-state index contributed by atoms with van der Waals surface area (Å²) in [5, 5.41) is 3.18. The van der Waals surface area contributed by atoms with Gasteiger partial charge in [-0.2, -0.15) is 0 Å². The zero-order chi connectivity index (χ0) is 12.1. The number of nitrogens with one attached hydrogen (secondary N) is 1. The number of hydrogen-bond acceptors (Lipinski definition) is 1. The van der Waals surface area contributed by atoms with Crippen LogP contribution < -0.4 is 5.32 Å². The van der Waals surface area contributed by atoms with Gasteiger partial charge in [-0.05, 0) is 24.7 Å². The predicted molar refractivity (Wildman–Crippen MR) is 68.6 cm³/mol. The van der Waals surface area contributed by atoms with Gasteiger partial charge >= 0.3 is 0 Å². The number of carbonyl (C=O) groups is 1. The molecule has 1 rings (SSSR count). The smallest absolute Gasteiger partial charge is 0.223 e. The Morgan fingerprint density at radius 1 is 1.31 bits per heavy atom. The molecule has 1 saturated carbocycles. The van der Waals surface area contributed by atoms with Crippen LogP contribution in [0.15, 0.2) is 0 Å². The minimum atomic E-state index is 0.0953. The van der Waals surface area contributed by atoms with Crippen LogP contribution in [0.5, 0.6) is 0 Å². The van der Waals surface area contributed by atoms with Crippen molar-refractivity contribution in [2.45, 2.75) is 52.5 Å². The van der Waals surface area contributed by atoms with Crippen LogP contribution in [0.25, 0.3) is 0 Å². The van der Waals surface area contributed by atoms with Gasteiger partial charge in [0.25, 0.3) is 0 Å². The molecule has 0 aromatic carbocycles. The van der Waals surface area contributed by atoms with Gasteiger partial charge < -0.3 is 5.32 Å². The van der Waals surface area contributed by atoms with Gasteiger partial charge in [0.05, 0.1) is 0 Å². The van der Waals surface area contributed by atoms with E-state index in [2.05, 4.69) is 19.2 Å². The van der Waals surface area contributed by atoms with Crippen molar-refractivity contribution in [2.24, 2.45) is 17.8 Å². The monoisotopic (exact) mass is 245 g/mol. The van der Waals surface area contributed by atoms with Crippen molar-refractivity contribution < 1.29 is 4.79 Å². The van der Waals surface area contributed by atoms with Crippen LogP contribution >= 0.6 is 11.6 Å². The zero-order valence-electron chi connectivity index (χ0n) is 10.6. The van der Waals surface area contributed by atoms with Crippen LogP contribution in [0.1, 0.15) is 46.5 Å². The van der Waals surface area contributed by atoms with Crippen molar-refractivity contribution >= 4 is 17.5 Å². The molecule has 1 aliphatic rings. The highest BCUT2D eigenvalue weighted by Crippen LogP contribution is 2.26. The number of alkyl halides is 1. The van der Waals surface area contributed by atoms with E-state index in [0.717, 1.165) is 12.8 Å². The summed E-state index contributed by atoms with van der Waals surface area (Å²) in [6, 6.07) is 0.306. The van der Waals surface area contributed by atoms with E-state index in [1.54, 1.807) is 0 Å². The third-order valence-electron chi connectivity index (χ3n) is 3.85. The van der Waals surface area contributed by atoms with Gasteiger partial charge in [-0.3, -0.25) is 4.79 Å². The SMILES string of the molecule is CC(C)C(C)C(=O)NC1CCCCC1CCl. The molecule has 3 heteroatoms. The Labute approximate surface area is 104 Å². The van der Waals surface area contributed by atoms with Gasteiger partial charge in [-0.15, -0.1) is 11.6 Å². The van der Waals surface area contributed by atoms with Gasteiger partial charge in [0.15, 0.2) is 0 Å². The Hall–Kier alpha value is -0.240. The quantitative estimate of drug-likeness (QED) is 0.758. The van der Waals surface area contributed by atoms with E-state index in [-0.39, 0.29) is 11.8 Å². The summed E-state index contributed by atoms with van der Waals surface area (Å²) in [5.74, 6) is 1.83. The maximum absolute atomic E-state index is 12.0. The maximum Gasteiger partial charge on any atom is 0.223 e. The predicted octanol–water partition coefficient (Wildman–Crippen LogP) is 3.19. The molecule has 0 spiro atoms. The first kappa shape index (κ1) is 13.8. The fourth-order valence-corrected chi connectivity index (χ4v) is 2.57. The lowest BCUT2D eigenvalue weighted by molar-refractivity contribution is -0.127. The third-order valence-corrected chi connectivity index (χ3v) is 4.24. The Balaban J connectivity index is 2.48. The first-order valence-electron chi connectivity index (χ1n) is 6.42. The molecule has 1 fully saturated rings. The van der Waals surface area contributed by atoms with E-state index in [1.807, 2.05) is 6.92 Å². The number of amides is 1. The summed E-state index contributed by atoms with van der Waals surface area (Å²) in [5.41, 5.74) is 0. The molecule has 1 N–H and O–H groups in total. The van der Waals surface area contributed by atoms with E-state index in [4.69, 9.17) is 11.6 Å². The lowest BCUT2D eigenvalue weighted by Gasteiger charge is -2.32. The molecule has 0 aromatic heterocycles. The standard InChI is InChI=1S/C13H24ClNO/c1-9(2)10(3)13(16)15-12-7-5-4-6-11(12)8-14/h9-12H,4-8H2,1-3H3,(H,15,16). The van der Waals surface area contributed by atoms with Crippen molar-refractivity contribution in [3.63, 3.8) is 0 Å². The average molecular weight is 246 g/mol. The molecular formula is C13H24ClNO. The summed E-state index contributed by atoms with van der Waals surface area (Å²) in [6.45, 7) is 6.17. The molecule has 1 aliphatic carbocycles. The molecule has 0 aliphatic heterocycles. The van der Waals surface area contributed by atoms with Crippen LogP contribution in [0.4, 0.5) is 0 Å². The van der Waals surface area contributed by atoms with Crippen LogP contribution in [0, 0.1) is 17.8 Å². The second kappa shape index (κ2) is 6.48. The van der Waals surface area contributed by atoms with Gasteiger partial charge in [-0.25, -0.2) is 0 Å². The van der Waals surface area contributed by atoms with Crippen LogP contribution in [0.3, 0.4) is 0 Å². The molecule has 0 radical (unpaired) electrons. The fraction of sp³-hybridized carbons (Fsp3) is 0.923. The third kappa shape index (κ3) is 3.65. The van der Waals surface area contributed by atoms with Crippen molar-refractivity contribution in [3.05, 3.63) is 0 Å². The number of carbonyl (C=O) groups excluding carboxylic acids is 1. The number of hydrogen-bond donors (Lipinski definition) is 1. The van der Waals surface area contributed by atoms with Gasteiger partial charge in [0.1, 0.15) is 0 Å². The lowest BCUT2D eigenvalue weighted by atomic mass is 9.85. The van der Waals surface area contributed by atoms with E-state index in [9.17, 15) is 4.79 Å². The molecule has 3 unspecified atom stereocenters. The highest BCUT2D eigenvalue weighted by molar-refractivity contribution is 6.18. The van der Waals surface area contributed by atoms with Crippen LogP contribution in [-0.2, 0) is 4.79 Å². The van der Waals surface area contributed by atoms with Crippen LogP contribution in [0.2, 0.25) is 0 Å². The molecule has 0 bridgehead atoms. The Kier molecular flexibility index (Phi) is 5.60. The van der Waals surface area contributed by atoms with Gasteiger partial charge in [0, 0.05) is 17.8 Å². The van der Waals surface area contributed by atoms with Crippen LogP contribution in [-0.4, -0.2) is 17.8 Å². The second-order valence-electron chi connectivity index (χ2n) is 5.35. The highest BCUT2D eigenvalue weighted by Gasteiger charge is 2.27. The van der Waals surface area contributed by atoms with Crippen molar-refractivity contribution in [3.8, 4) is 0 Å². The maximum atomic E-state index is 12.0. The van der Waals surface area contributed by atoms with E-state index in [1.165, 1.54) is 12.8 Å². The van der Waals surface area contributed by atoms with E-state index >= 15 is 0 Å². The average Bonchev–Trinajstić information content (AvgIpc) is 2.28. The minimum absolute atomic E-state index is 0.0953. The molecule has 3 atom stereocenters. The topological polar surface area (TPSA) is 29.1 Å². The van der Waals surface area contributed by atoms with Gasteiger partial charge in [0.2, 0.25) is 5.91 Å². The number of halogens is 1. The first-order chi connectivity index (χ1) is 7.56. The largest absolute Gasteiger partial charge is 0.353 e. The van der Waals surface area contributed by atoms with Crippen molar-refractivity contribution in [1.82, 2.24) is 5.32 Å². The van der Waals surface area contributed by atoms with Crippen molar-refractivity contribution in [2.75, 3.05) is 5.88 Å². The molecule has 94 valence electrons. The molecule has 0 heterocycles. The summed E-state index contributed by atoms with van der Waals surface area (Å²) in [7, 11) is 0. The molecule has 0 saturated heterocycles. The molecule has 16 heavy (non-hydrogen) atoms. The minimum Gasteiger partial charge on any atom is -0.353 e. The van der Waals surface area contributed by atoms with Gasteiger partial charge in [-0.1, -0.05) is 33.6 Å². The molecule has 0 aromatic rings. The zero-order valence-corrected chi connectivity index (χ0v) is 11.4. The van der Waals surface area contributed by atoms with Crippen molar-refractivity contribution in [1.29, 1.82) is 0 Å². The summed E-state index contributed by atoms with van der Waals surface area (Å²) < 4.78 is 0. The lowest BCUT2D eigenvalue weighted by Crippen LogP contribution is -2.45. The number of rotatable bonds is 4. The fourth-order valence-electron chi connectivity index (χ4n) is 2.20. The Morgan fingerprint density at radius 3 is 2.50 bits per heavy atom. The van der Waals surface area contributed by atoms with E-state index < -0.39 is 0 Å². The second-order valence-corrected chi connectivity index (χ2v) is 5.66. The summed E-state index contributed by atoms with van der Waals surface area (Å²) in [6.07, 6.45) is 4.72. The van der Waals surface area contributed by atoms with E-state index in [0.29, 0.717) is 23.8 Å². The Morgan fingerprint density at radius 2 is 1.94 bits per heavy atom.